The molecule has 1 aliphatic rings. The van der Waals surface area contributed by atoms with Crippen molar-refractivity contribution in [1.82, 2.24) is 10.6 Å². The lowest BCUT2D eigenvalue weighted by Crippen LogP contribution is -2.53. The van der Waals surface area contributed by atoms with Crippen LogP contribution in [0.1, 0.15) is 25.8 Å². The van der Waals surface area contributed by atoms with E-state index in [1.165, 1.54) is 10.5 Å². The highest BCUT2D eigenvalue weighted by molar-refractivity contribution is 6.10. The summed E-state index contributed by atoms with van der Waals surface area (Å²) in [4.78, 5) is 38.4. The van der Waals surface area contributed by atoms with E-state index in [9.17, 15) is 14.4 Å². The number of nitrogens with zero attached hydrogens (tertiary/aromatic N) is 1. The molecular weight excluding hydrogens is 368 g/mol. The summed E-state index contributed by atoms with van der Waals surface area (Å²) in [5.74, 6) is -0.529. The van der Waals surface area contributed by atoms with Crippen LogP contribution in [-0.4, -0.2) is 36.5 Å². The topological polar surface area (TPSA) is 90.5 Å². The number of carbonyl (C=O) groups excluding carboxylic acids is 3. The molecule has 2 unspecified atom stereocenters. The van der Waals surface area contributed by atoms with Gasteiger partial charge in [-0.3, -0.25) is 14.5 Å². The molecule has 3 rings (SSSR count). The first-order chi connectivity index (χ1) is 13.9. The Hall–Kier alpha value is -3.35. The number of anilines is 2. The van der Waals surface area contributed by atoms with E-state index in [1.807, 2.05) is 25.1 Å². The first-order valence-corrected chi connectivity index (χ1v) is 9.75. The van der Waals surface area contributed by atoms with E-state index in [1.54, 1.807) is 31.2 Å². The number of amides is 4. The standard InChI is InChI=1S/C22H26N4O3/c1-15(12-13-17-8-4-3-5-9-17)23-21(28)16(2)24-22(29)26-14-20(27)25-18-10-6-7-11-19(18)26/h3-11,15-16H,12-14H2,1-2H3,(H,23,28)(H,24,29)(H,25,27). The monoisotopic (exact) mass is 394 g/mol. The van der Waals surface area contributed by atoms with E-state index in [0.29, 0.717) is 11.4 Å². The predicted molar refractivity (Wildman–Crippen MR) is 113 cm³/mol. The Morgan fingerprint density at radius 3 is 2.48 bits per heavy atom. The van der Waals surface area contributed by atoms with Crippen LogP contribution in [0.2, 0.25) is 0 Å². The van der Waals surface area contributed by atoms with Crippen molar-refractivity contribution < 1.29 is 14.4 Å². The predicted octanol–water partition coefficient (Wildman–Crippen LogP) is 2.68. The number of urea groups is 1. The van der Waals surface area contributed by atoms with Crippen LogP contribution in [0, 0.1) is 0 Å². The Kier molecular flexibility index (Phi) is 6.49. The van der Waals surface area contributed by atoms with Crippen LogP contribution < -0.4 is 20.9 Å². The van der Waals surface area contributed by atoms with Gasteiger partial charge in [-0.15, -0.1) is 0 Å². The van der Waals surface area contributed by atoms with E-state index < -0.39 is 12.1 Å². The van der Waals surface area contributed by atoms with E-state index in [0.717, 1.165) is 12.8 Å². The van der Waals surface area contributed by atoms with Gasteiger partial charge in [-0.25, -0.2) is 4.79 Å². The lowest BCUT2D eigenvalue weighted by molar-refractivity contribution is -0.123. The van der Waals surface area contributed by atoms with Crippen LogP contribution >= 0.6 is 0 Å². The molecule has 29 heavy (non-hydrogen) atoms. The van der Waals surface area contributed by atoms with E-state index in [2.05, 4.69) is 28.1 Å². The maximum absolute atomic E-state index is 12.7. The van der Waals surface area contributed by atoms with Crippen LogP contribution in [0.4, 0.5) is 16.2 Å². The number of hydrogen-bond acceptors (Lipinski definition) is 3. The molecule has 0 saturated heterocycles. The van der Waals surface area contributed by atoms with Crippen LogP contribution in [-0.2, 0) is 16.0 Å². The third-order valence-electron chi connectivity index (χ3n) is 4.85. The SMILES string of the molecule is CC(CCc1ccccc1)NC(=O)C(C)NC(=O)N1CC(=O)Nc2ccccc21. The highest BCUT2D eigenvalue weighted by Gasteiger charge is 2.28. The number of rotatable bonds is 6. The molecular formula is C22H26N4O3. The molecule has 0 spiro atoms. The molecule has 1 heterocycles. The Balaban J connectivity index is 1.53. The molecule has 4 amide bonds. The number of nitrogens with one attached hydrogen (secondary N) is 3. The Morgan fingerprint density at radius 1 is 1.03 bits per heavy atom. The summed E-state index contributed by atoms with van der Waals surface area (Å²) < 4.78 is 0. The van der Waals surface area contributed by atoms with Crippen molar-refractivity contribution in [2.24, 2.45) is 0 Å². The lowest BCUT2D eigenvalue weighted by atomic mass is 10.1. The van der Waals surface area contributed by atoms with Crippen molar-refractivity contribution >= 4 is 29.2 Å². The number of benzene rings is 2. The molecule has 0 aromatic heterocycles. The fourth-order valence-corrected chi connectivity index (χ4v) is 3.21. The van der Waals surface area contributed by atoms with Crippen LogP contribution in [0.3, 0.4) is 0 Å². The third-order valence-corrected chi connectivity index (χ3v) is 4.85. The Morgan fingerprint density at radius 2 is 1.72 bits per heavy atom. The molecule has 1 aliphatic heterocycles. The molecule has 7 heteroatoms. The molecule has 0 saturated carbocycles. The molecule has 0 bridgehead atoms. The minimum absolute atomic E-state index is 0.0245. The van der Waals surface area contributed by atoms with Gasteiger partial charge in [-0.1, -0.05) is 42.5 Å². The minimum Gasteiger partial charge on any atom is -0.352 e. The molecule has 2 aromatic carbocycles. The Labute approximate surface area is 170 Å². The van der Waals surface area contributed by atoms with Gasteiger partial charge in [-0.05, 0) is 44.4 Å². The summed E-state index contributed by atoms with van der Waals surface area (Å²) >= 11 is 0. The number of carbonyl (C=O) groups is 3. The van der Waals surface area contributed by atoms with Crippen molar-refractivity contribution in [2.75, 3.05) is 16.8 Å². The van der Waals surface area contributed by atoms with Crippen molar-refractivity contribution in [2.45, 2.75) is 38.8 Å². The molecule has 2 aromatic rings. The molecule has 2 atom stereocenters. The van der Waals surface area contributed by atoms with E-state index in [4.69, 9.17) is 0 Å². The zero-order valence-corrected chi connectivity index (χ0v) is 16.6. The van der Waals surface area contributed by atoms with Crippen LogP contribution in [0.5, 0.6) is 0 Å². The molecule has 0 radical (unpaired) electrons. The second-order valence-corrected chi connectivity index (χ2v) is 7.26. The van der Waals surface area contributed by atoms with Gasteiger partial charge >= 0.3 is 6.03 Å². The van der Waals surface area contributed by atoms with Crippen LogP contribution in [0.15, 0.2) is 54.6 Å². The maximum Gasteiger partial charge on any atom is 0.323 e. The quantitative estimate of drug-likeness (QED) is 0.704. The zero-order chi connectivity index (χ0) is 20.8. The first-order valence-electron chi connectivity index (χ1n) is 9.75. The third kappa shape index (κ3) is 5.34. The van der Waals surface area contributed by atoms with Gasteiger partial charge in [0.05, 0.1) is 11.4 Å². The molecule has 152 valence electrons. The molecule has 7 nitrogen and oxygen atoms in total. The number of aryl methyl sites for hydroxylation is 1. The lowest BCUT2D eigenvalue weighted by Gasteiger charge is -2.30. The van der Waals surface area contributed by atoms with Crippen LogP contribution in [0.25, 0.3) is 0 Å². The van der Waals surface area contributed by atoms with Crippen molar-refractivity contribution in [3.63, 3.8) is 0 Å². The van der Waals surface area contributed by atoms with Gasteiger partial charge in [0.15, 0.2) is 0 Å². The molecule has 0 fully saturated rings. The highest BCUT2D eigenvalue weighted by Crippen LogP contribution is 2.28. The van der Waals surface area contributed by atoms with Crippen molar-refractivity contribution in [1.29, 1.82) is 0 Å². The summed E-state index contributed by atoms with van der Waals surface area (Å²) in [6.45, 7) is 3.48. The van der Waals surface area contributed by atoms with Gasteiger partial charge in [0.25, 0.3) is 0 Å². The summed E-state index contributed by atoms with van der Waals surface area (Å²) in [6.07, 6.45) is 1.67. The smallest absolute Gasteiger partial charge is 0.323 e. The molecule has 3 N–H and O–H groups in total. The van der Waals surface area contributed by atoms with Gasteiger partial charge in [0, 0.05) is 6.04 Å². The fourth-order valence-electron chi connectivity index (χ4n) is 3.21. The van der Waals surface area contributed by atoms with E-state index >= 15 is 0 Å². The van der Waals surface area contributed by atoms with Gasteiger partial charge < -0.3 is 16.0 Å². The Bertz CT molecular complexity index is 885. The normalized spacial score (nSPS) is 15.0. The average Bonchev–Trinajstić information content (AvgIpc) is 2.72. The summed E-state index contributed by atoms with van der Waals surface area (Å²) in [6, 6.07) is 15.9. The maximum atomic E-state index is 12.7. The summed E-state index contributed by atoms with van der Waals surface area (Å²) in [5, 5.41) is 8.35. The average molecular weight is 394 g/mol. The number of para-hydroxylation sites is 2. The second kappa shape index (κ2) is 9.23. The first kappa shape index (κ1) is 20.4. The van der Waals surface area contributed by atoms with Gasteiger partial charge in [0.1, 0.15) is 12.6 Å². The van der Waals surface area contributed by atoms with Crippen molar-refractivity contribution in [3.05, 3.63) is 60.2 Å². The number of hydrogen-bond donors (Lipinski definition) is 3. The summed E-state index contributed by atoms with van der Waals surface area (Å²) in [7, 11) is 0. The number of fused-ring (bicyclic) bond motifs is 1. The zero-order valence-electron chi connectivity index (χ0n) is 16.6. The van der Waals surface area contributed by atoms with Gasteiger partial charge in [-0.2, -0.15) is 0 Å². The molecule has 0 aliphatic carbocycles. The minimum atomic E-state index is -0.723. The fraction of sp³-hybridized carbons (Fsp3) is 0.318. The van der Waals surface area contributed by atoms with E-state index in [-0.39, 0.29) is 24.4 Å². The van der Waals surface area contributed by atoms with Gasteiger partial charge in [0.2, 0.25) is 11.8 Å². The second-order valence-electron chi connectivity index (χ2n) is 7.26. The summed E-state index contributed by atoms with van der Waals surface area (Å²) in [5.41, 5.74) is 2.40. The van der Waals surface area contributed by atoms with Crippen molar-refractivity contribution in [3.8, 4) is 0 Å². The highest BCUT2D eigenvalue weighted by atomic mass is 16.2. The largest absolute Gasteiger partial charge is 0.352 e.